The smallest absolute Gasteiger partial charge is 0.250 e. The first kappa shape index (κ1) is 19.9. The van der Waals surface area contributed by atoms with Gasteiger partial charge in [-0.2, -0.15) is 5.10 Å². The standard InChI is InChI=1S/C20H18ClN5OS/c1-26-19(16-9-11-17(21)12-10-16)24-25-20(26)28-14-18(27)23-22-13-5-8-15-6-3-2-4-7-15/h2-13H,14H2,1H3,(H,23,27). The van der Waals surface area contributed by atoms with E-state index >= 15 is 0 Å². The molecule has 142 valence electrons. The molecule has 1 N–H and O–H groups in total. The zero-order valence-electron chi connectivity index (χ0n) is 15.1. The molecular formula is C20H18ClN5OS. The molecule has 0 atom stereocenters. The predicted molar refractivity (Wildman–Crippen MR) is 114 cm³/mol. The summed E-state index contributed by atoms with van der Waals surface area (Å²) in [6.45, 7) is 0. The third-order valence-electron chi connectivity index (χ3n) is 3.71. The van der Waals surface area contributed by atoms with Crippen LogP contribution < -0.4 is 5.43 Å². The largest absolute Gasteiger partial charge is 0.305 e. The molecule has 0 aliphatic heterocycles. The Morgan fingerprint density at radius 2 is 1.93 bits per heavy atom. The molecule has 3 aromatic rings. The van der Waals surface area contributed by atoms with E-state index in [1.807, 2.05) is 60.2 Å². The number of carbonyl (C=O) groups excluding carboxylic acids is 1. The van der Waals surface area contributed by atoms with Crippen molar-refractivity contribution < 1.29 is 4.79 Å². The zero-order chi connectivity index (χ0) is 19.8. The van der Waals surface area contributed by atoms with E-state index < -0.39 is 0 Å². The molecule has 0 spiro atoms. The number of aromatic nitrogens is 3. The number of nitrogens with zero attached hydrogens (tertiary/aromatic N) is 4. The Morgan fingerprint density at radius 3 is 2.68 bits per heavy atom. The second-order valence-electron chi connectivity index (χ2n) is 5.74. The van der Waals surface area contributed by atoms with E-state index in [4.69, 9.17) is 11.6 Å². The lowest BCUT2D eigenvalue weighted by Gasteiger charge is -2.03. The highest BCUT2D eigenvalue weighted by atomic mass is 35.5. The molecule has 2 aromatic carbocycles. The average Bonchev–Trinajstić information content (AvgIpc) is 3.08. The molecule has 1 heterocycles. The zero-order valence-corrected chi connectivity index (χ0v) is 16.7. The number of benzene rings is 2. The molecule has 1 amide bonds. The lowest BCUT2D eigenvalue weighted by Crippen LogP contribution is -2.19. The van der Waals surface area contributed by atoms with Crippen LogP contribution in [0.15, 0.2) is 70.9 Å². The fourth-order valence-corrected chi connectivity index (χ4v) is 3.15. The molecule has 0 aliphatic rings. The summed E-state index contributed by atoms with van der Waals surface area (Å²) in [4.78, 5) is 11.9. The van der Waals surface area contributed by atoms with E-state index in [9.17, 15) is 4.79 Å². The van der Waals surface area contributed by atoms with E-state index in [2.05, 4.69) is 20.7 Å². The van der Waals surface area contributed by atoms with Gasteiger partial charge in [-0.1, -0.05) is 59.8 Å². The highest BCUT2D eigenvalue weighted by molar-refractivity contribution is 7.99. The maximum Gasteiger partial charge on any atom is 0.250 e. The first-order valence-electron chi connectivity index (χ1n) is 8.45. The average molecular weight is 412 g/mol. The number of hydrogen-bond acceptors (Lipinski definition) is 5. The Kier molecular flexibility index (Phi) is 7.00. The molecule has 0 aliphatic carbocycles. The minimum atomic E-state index is -0.217. The number of allylic oxidation sites excluding steroid dienone is 1. The van der Waals surface area contributed by atoms with Gasteiger partial charge in [0.05, 0.1) is 5.75 Å². The molecule has 0 radical (unpaired) electrons. The Labute approximate surface area is 172 Å². The van der Waals surface area contributed by atoms with E-state index in [0.717, 1.165) is 11.1 Å². The Hall–Kier alpha value is -2.90. The van der Waals surface area contributed by atoms with Gasteiger partial charge in [-0.15, -0.1) is 10.2 Å². The van der Waals surface area contributed by atoms with E-state index in [-0.39, 0.29) is 11.7 Å². The van der Waals surface area contributed by atoms with Crippen LogP contribution in [0.4, 0.5) is 0 Å². The van der Waals surface area contributed by atoms with Crippen molar-refractivity contribution in [2.75, 3.05) is 5.75 Å². The second kappa shape index (κ2) is 9.87. The topological polar surface area (TPSA) is 72.2 Å². The summed E-state index contributed by atoms with van der Waals surface area (Å²) in [5, 5.41) is 13.5. The summed E-state index contributed by atoms with van der Waals surface area (Å²) in [5.74, 6) is 0.681. The highest BCUT2D eigenvalue weighted by Gasteiger charge is 2.12. The number of hydrogen-bond donors (Lipinski definition) is 1. The van der Waals surface area contributed by atoms with Gasteiger partial charge in [-0.3, -0.25) is 4.79 Å². The number of nitrogens with one attached hydrogen (secondary N) is 1. The maximum absolute atomic E-state index is 11.9. The molecule has 0 saturated carbocycles. The van der Waals surface area contributed by atoms with Crippen molar-refractivity contribution in [3.8, 4) is 11.4 Å². The summed E-state index contributed by atoms with van der Waals surface area (Å²) >= 11 is 7.21. The van der Waals surface area contributed by atoms with Crippen LogP contribution >= 0.6 is 23.4 Å². The van der Waals surface area contributed by atoms with Gasteiger partial charge in [0.25, 0.3) is 5.91 Å². The normalized spacial score (nSPS) is 11.4. The van der Waals surface area contributed by atoms with Crippen LogP contribution in [0.1, 0.15) is 5.56 Å². The number of amides is 1. The first-order valence-corrected chi connectivity index (χ1v) is 9.81. The van der Waals surface area contributed by atoms with E-state index in [1.165, 1.54) is 18.0 Å². The molecule has 6 nitrogen and oxygen atoms in total. The summed E-state index contributed by atoms with van der Waals surface area (Å²) in [6, 6.07) is 17.2. The number of rotatable bonds is 7. The van der Waals surface area contributed by atoms with Gasteiger partial charge in [-0.05, 0) is 35.9 Å². The minimum Gasteiger partial charge on any atom is -0.305 e. The van der Waals surface area contributed by atoms with Crippen LogP contribution in [-0.2, 0) is 11.8 Å². The number of hydrazone groups is 1. The summed E-state index contributed by atoms with van der Waals surface area (Å²) < 4.78 is 1.84. The van der Waals surface area contributed by atoms with Crippen molar-refractivity contribution in [3.63, 3.8) is 0 Å². The van der Waals surface area contributed by atoms with Crippen LogP contribution in [0.25, 0.3) is 17.5 Å². The molecule has 8 heteroatoms. The number of halogens is 1. The Bertz CT molecular complexity index is 984. The second-order valence-corrected chi connectivity index (χ2v) is 7.12. The van der Waals surface area contributed by atoms with Crippen LogP contribution in [0.2, 0.25) is 5.02 Å². The fraction of sp³-hybridized carbons (Fsp3) is 0.100. The van der Waals surface area contributed by atoms with Crippen LogP contribution in [0, 0.1) is 0 Å². The van der Waals surface area contributed by atoms with Crippen molar-refractivity contribution in [1.29, 1.82) is 0 Å². The molecule has 0 unspecified atom stereocenters. The lowest BCUT2D eigenvalue weighted by atomic mass is 10.2. The third kappa shape index (κ3) is 5.55. The first-order chi connectivity index (χ1) is 13.6. The van der Waals surface area contributed by atoms with Gasteiger partial charge in [0.1, 0.15) is 0 Å². The third-order valence-corrected chi connectivity index (χ3v) is 4.98. The lowest BCUT2D eigenvalue weighted by molar-refractivity contribution is -0.118. The van der Waals surface area contributed by atoms with Crippen LogP contribution in [0.5, 0.6) is 0 Å². The fourth-order valence-electron chi connectivity index (χ4n) is 2.32. The molecule has 0 bridgehead atoms. The minimum absolute atomic E-state index is 0.187. The Balaban J connectivity index is 1.49. The molecular weight excluding hydrogens is 394 g/mol. The van der Waals surface area contributed by atoms with Crippen molar-refractivity contribution >= 4 is 41.6 Å². The van der Waals surface area contributed by atoms with Gasteiger partial charge >= 0.3 is 0 Å². The quantitative estimate of drug-likeness (QED) is 0.361. The molecule has 1 aromatic heterocycles. The molecule has 0 saturated heterocycles. The van der Waals surface area contributed by atoms with Gasteiger partial charge in [0, 0.05) is 23.8 Å². The predicted octanol–water partition coefficient (Wildman–Crippen LogP) is 4.04. The van der Waals surface area contributed by atoms with Crippen molar-refractivity contribution in [2.24, 2.45) is 12.1 Å². The summed E-state index contributed by atoms with van der Waals surface area (Å²) in [6.07, 6.45) is 5.21. The highest BCUT2D eigenvalue weighted by Crippen LogP contribution is 2.23. The van der Waals surface area contributed by atoms with Gasteiger partial charge < -0.3 is 4.57 Å². The molecule has 3 rings (SSSR count). The maximum atomic E-state index is 11.9. The monoisotopic (exact) mass is 411 g/mol. The van der Waals surface area contributed by atoms with Crippen molar-refractivity contribution in [3.05, 3.63) is 71.3 Å². The number of thioether (sulfide) groups is 1. The van der Waals surface area contributed by atoms with Gasteiger partial charge in [0.15, 0.2) is 11.0 Å². The van der Waals surface area contributed by atoms with Crippen LogP contribution in [0.3, 0.4) is 0 Å². The number of carbonyl (C=O) groups is 1. The van der Waals surface area contributed by atoms with Crippen molar-refractivity contribution in [2.45, 2.75) is 5.16 Å². The Morgan fingerprint density at radius 1 is 1.18 bits per heavy atom. The van der Waals surface area contributed by atoms with Gasteiger partial charge in [-0.25, -0.2) is 5.43 Å². The van der Waals surface area contributed by atoms with Gasteiger partial charge in [0.2, 0.25) is 0 Å². The summed E-state index contributed by atoms with van der Waals surface area (Å²) in [7, 11) is 1.86. The molecule has 0 fully saturated rings. The van der Waals surface area contributed by atoms with E-state index in [1.54, 1.807) is 18.2 Å². The van der Waals surface area contributed by atoms with E-state index in [0.29, 0.717) is 16.0 Å². The molecule has 28 heavy (non-hydrogen) atoms. The SMILES string of the molecule is Cn1c(SCC(=O)NN=CC=Cc2ccccc2)nnc1-c1ccc(Cl)cc1. The van der Waals surface area contributed by atoms with Crippen molar-refractivity contribution in [1.82, 2.24) is 20.2 Å². The van der Waals surface area contributed by atoms with Crippen LogP contribution in [-0.4, -0.2) is 32.6 Å². The summed E-state index contributed by atoms with van der Waals surface area (Å²) in [5.41, 5.74) is 4.46.